The molecule has 0 aliphatic carbocycles. The number of nitrogens with one attached hydrogen (secondary N) is 1. The number of benzene rings is 1. The first-order valence-electron chi connectivity index (χ1n) is 5.61. The van der Waals surface area contributed by atoms with Crippen LogP contribution < -0.4 is 5.32 Å². The number of anilines is 1. The van der Waals surface area contributed by atoms with Crippen molar-refractivity contribution in [1.82, 2.24) is 9.97 Å². The zero-order chi connectivity index (χ0) is 14.1. The van der Waals surface area contributed by atoms with Crippen LogP contribution in [0.2, 0.25) is 9.62 Å². The highest BCUT2D eigenvalue weighted by molar-refractivity contribution is 7.22. The minimum Gasteiger partial charge on any atom is -0.322 e. The molecule has 3 aromatic rings. The third-order valence-electron chi connectivity index (χ3n) is 2.61. The summed E-state index contributed by atoms with van der Waals surface area (Å²) in [6.07, 6.45) is 1.53. The van der Waals surface area contributed by atoms with Crippen molar-refractivity contribution in [2.45, 2.75) is 0 Å². The molecule has 0 aliphatic heterocycles. The normalized spacial score (nSPS) is 10.7. The molecule has 0 saturated carbocycles. The number of nitrogens with zero attached hydrogens (tertiary/aromatic N) is 2. The van der Waals surface area contributed by atoms with Crippen LogP contribution in [0.3, 0.4) is 0 Å². The Bertz CT molecular complexity index is 803. The summed E-state index contributed by atoms with van der Waals surface area (Å²) >= 11 is 13.0. The summed E-state index contributed by atoms with van der Waals surface area (Å²) in [6, 6.07) is 8.49. The van der Waals surface area contributed by atoms with Gasteiger partial charge in [-0.3, -0.25) is 4.79 Å². The SMILES string of the molecule is O=C(Nc1ccnc(Cl)c1)c1ccc2nc(Cl)sc2c1. The Balaban J connectivity index is 1.88. The van der Waals surface area contributed by atoms with Crippen LogP contribution in [0.1, 0.15) is 10.4 Å². The van der Waals surface area contributed by atoms with Crippen LogP contribution in [-0.2, 0) is 0 Å². The first-order valence-corrected chi connectivity index (χ1v) is 7.18. The van der Waals surface area contributed by atoms with Gasteiger partial charge in [-0.25, -0.2) is 9.97 Å². The van der Waals surface area contributed by atoms with E-state index in [-0.39, 0.29) is 5.91 Å². The Morgan fingerprint density at radius 3 is 2.85 bits per heavy atom. The maximum absolute atomic E-state index is 12.2. The number of fused-ring (bicyclic) bond motifs is 1. The van der Waals surface area contributed by atoms with E-state index in [4.69, 9.17) is 23.2 Å². The molecule has 7 heteroatoms. The lowest BCUT2D eigenvalue weighted by Crippen LogP contribution is -2.11. The van der Waals surface area contributed by atoms with Gasteiger partial charge in [0, 0.05) is 17.4 Å². The van der Waals surface area contributed by atoms with Gasteiger partial charge in [0.05, 0.1) is 10.2 Å². The fourth-order valence-corrected chi connectivity index (χ4v) is 2.97. The molecule has 1 amide bonds. The second-order valence-corrected chi connectivity index (χ2v) is 5.97. The number of carbonyl (C=O) groups excluding carboxylic acids is 1. The van der Waals surface area contributed by atoms with E-state index in [0.29, 0.717) is 20.9 Å². The van der Waals surface area contributed by atoms with Crippen LogP contribution in [0.4, 0.5) is 5.69 Å². The highest BCUT2D eigenvalue weighted by Crippen LogP contribution is 2.26. The molecule has 2 aromatic heterocycles. The summed E-state index contributed by atoms with van der Waals surface area (Å²) in [5.74, 6) is -0.223. The number of thiazole rings is 1. The van der Waals surface area contributed by atoms with Gasteiger partial charge in [0.2, 0.25) is 0 Å². The van der Waals surface area contributed by atoms with Crippen LogP contribution in [-0.4, -0.2) is 15.9 Å². The van der Waals surface area contributed by atoms with Gasteiger partial charge < -0.3 is 5.32 Å². The first kappa shape index (κ1) is 13.3. The van der Waals surface area contributed by atoms with Crippen molar-refractivity contribution in [3.05, 3.63) is 51.7 Å². The molecule has 0 aliphatic rings. The van der Waals surface area contributed by atoms with Crippen LogP contribution in [0, 0.1) is 0 Å². The number of hydrogen-bond acceptors (Lipinski definition) is 4. The third kappa shape index (κ3) is 2.75. The van der Waals surface area contributed by atoms with Crippen LogP contribution in [0.25, 0.3) is 10.2 Å². The number of hydrogen-bond donors (Lipinski definition) is 1. The number of aromatic nitrogens is 2. The number of carbonyl (C=O) groups is 1. The molecule has 0 unspecified atom stereocenters. The van der Waals surface area contributed by atoms with Crippen molar-refractivity contribution in [1.29, 1.82) is 0 Å². The Labute approximate surface area is 128 Å². The molecule has 0 saturated heterocycles. The number of rotatable bonds is 2. The lowest BCUT2D eigenvalue weighted by atomic mass is 10.2. The van der Waals surface area contributed by atoms with Crippen molar-refractivity contribution >= 4 is 56.3 Å². The molecule has 100 valence electrons. The van der Waals surface area contributed by atoms with E-state index in [2.05, 4.69) is 15.3 Å². The average molecular weight is 324 g/mol. The summed E-state index contributed by atoms with van der Waals surface area (Å²) in [7, 11) is 0. The molecule has 0 atom stereocenters. The largest absolute Gasteiger partial charge is 0.322 e. The van der Waals surface area contributed by atoms with E-state index in [1.807, 2.05) is 0 Å². The minimum absolute atomic E-state index is 0.223. The van der Waals surface area contributed by atoms with E-state index in [9.17, 15) is 4.79 Å². The van der Waals surface area contributed by atoms with Gasteiger partial charge in [0.1, 0.15) is 5.15 Å². The van der Waals surface area contributed by atoms with E-state index in [1.165, 1.54) is 17.5 Å². The number of halogens is 2. The predicted molar refractivity (Wildman–Crippen MR) is 81.8 cm³/mol. The van der Waals surface area contributed by atoms with Gasteiger partial charge in [0.25, 0.3) is 5.91 Å². The molecule has 0 fully saturated rings. The molecule has 1 aromatic carbocycles. The molecule has 3 rings (SSSR count). The summed E-state index contributed by atoms with van der Waals surface area (Å²) in [5, 5.41) is 3.08. The standard InChI is InChI=1S/C13H7Cl2N3OS/c14-11-6-8(3-4-16-11)17-12(19)7-1-2-9-10(5-7)20-13(15)18-9/h1-6H,(H,16,17,19). The molecule has 4 nitrogen and oxygen atoms in total. The van der Waals surface area contributed by atoms with Gasteiger partial charge in [0.15, 0.2) is 4.47 Å². The van der Waals surface area contributed by atoms with Gasteiger partial charge in [-0.1, -0.05) is 23.2 Å². The maximum atomic E-state index is 12.2. The lowest BCUT2D eigenvalue weighted by Gasteiger charge is -2.05. The Morgan fingerprint density at radius 2 is 2.05 bits per heavy atom. The van der Waals surface area contributed by atoms with Crippen molar-refractivity contribution in [3.8, 4) is 0 Å². The second kappa shape index (κ2) is 5.36. The van der Waals surface area contributed by atoms with Crippen LogP contribution in [0.5, 0.6) is 0 Å². The van der Waals surface area contributed by atoms with E-state index < -0.39 is 0 Å². The lowest BCUT2D eigenvalue weighted by molar-refractivity contribution is 0.102. The summed E-state index contributed by atoms with van der Waals surface area (Å²) in [4.78, 5) is 20.1. The van der Waals surface area contributed by atoms with Crippen LogP contribution >= 0.6 is 34.5 Å². The van der Waals surface area contributed by atoms with E-state index >= 15 is 0 Å². The van der Waals surface area contributed by atoms with Gasteiger partial charge in [-0.15, -0.1) is 11.3 Å². The van der Waals surface area contributed by atoms with E-state index in [0.717, 1.165) is 10.2 Å². The van der Waals surface area contributed by atoms with Crippen molar-refractivity contribution in [2.24, 2.45) is 0 Å². The fourth-order valence-electron chi connectivity index (χ4n) is 1.72. The molecule has 2 heterocycles. The molecule has 0 radical (unpaired) electrons. The molecule has 0 bridgehead atoms. The van der Waals surface area contributed by atoms with Crippen molar-refractivity contribution < 1.29 is 4.79 Å². The number of amides is 1. The minimum atomic E-state index is -0.223. The second-order valence-electron chi connectivity index (χ2n) is 3.97. The molecule has 20 heavy (non-hydrogen) atoms. The number of pyridine rings is 1. The summed E-state index contributed by atoms with van der Waals surface area (Å²) in [5.41, 5.74) is 1.91. The predicted octanol–water partition coefficient (Wildman–Crippen LogP) is 4.25. The first-order chi connectivity index (χ1) is 9.61. The van der Waals surface area contributed by atoms with Crippen LogP contribution in [0.15, 0.2) is 36.5 Å². The molecule has 1 N–H and O–H groups in total. The van der Waals surface area contributed by atoms with E-state index in [1.54, 1.807) is 30.3 Å². The summed E-state index contributed by atoms with van der Waals surface area (Å²) < 4.78 is 1.33. The van der Waals surface area contributed by atoms with Gasteiger partial charge in [-0.2, -0.15) is 0 Å². The Hall–Kier alpha value is -1.69. The Kier molecular flexibility index (Phi) is 3.56. The van der Waals surface area contributed by atoms with Crippen molar-refractivity contribution in [3.63, 3.8) is 0 Å². The third-order valence-corrected chi connectivity index (χ3v) is 3.94. The topological polar surface area (TPSA) is 54.9 Å². The quantitative estimate of drug-likeness (QED) is 0.717. The molecule has 0 spiro atoms. The Morgan fingerprint density at radius 1 is 1.20 bits per heavy atom. The van der Waals surface area contributed by atoms with Gasteiger partial charge >= 0.3 is 0 Å². The highest BCUT2D eigenvalue weighted by Gasteiger charge is 2.09. The fraction of sp³-hybridized carbons (Fsp3) is 0. The smallest absolute Gasteiger partial charge is 0.255 e. The maximum Gasteiger partial charge on any atom is 0.255 e. The summed E-state index contributed by atoms with van der Waals surface area (Å²) in [6.45, 7) is 0. The highest BCUT2D eigenvalue weighted by atomic mass is 35.5. The monoisotopic (exact) mass is 323 g/mol. The van der Waals surface area contributed by atoms with Gasteiger partial charge in [-0.05, 0) is 30.3 Å². The molecular weight excluding hydrogens is 317 g/mol. The average Bonchev–Trinajstić information content (AvgIpc) is 2.77. The zero-order valence-corrected chi connectivity index (χ0v) is 12.3. The zero-order valence-electron chi connectivity index (χ0n) is 9.93. The molecular formula is C13H7Cl2N3OS. The van der Waals surface area contributed by atoms with Crippen molar-refractivity contribution in [2.75, 3.05) is 5.32 Å².